The van der Waals surface area contributed by atoms with Crippen molar-refractivity contribution in [1.29, 1.82) is 0 Å². The van der Waals surface area contributed by atoms with E-state index in [2.05, 4.69) is 0 Å². The van der Waals surface area contributed by atoms with Crippen LogP contribution in [-0.4, -0.2) is 9.49 Å². The molecule has 0 aliphatic carbocycles. The summed E-state index contributed by atoms with van der Waals surface area (Å²) in [5.74, 6) is -0.477. The standard InChI is InChI=1S/C7H10N2O2/c1-6(2)8-5-3-4-7(8)9(10)11/h3-6H,1-2H3/i3D,4D,5D. The van der Waals surface area contributed by atoms with Gasteiger partial charge in [0.05, 0.1) is 15.0 Å². The molecular formula is C7H10N2O2. The van der Waals surface area contributed by atoms with Crippen LogP contribution >= 0.6 is 0 Å². The summed E-state index contributed by atoms with van der Waals surface area (Å²) in [4.78, 5) is 9.89. The Hall–Kier alpha value is -1.32. The average Bonchev–Trinajstić information content (AvgIpc) is 2.29. The predicted octanol–water partition coefficient (Wildman–Crippen LogP) is 1.98. The summed E-state index contributed by atoms with van der Waals surface area (Å²) in [6.07, 6.45) is -0.281. The van der Waals surface area contributed by atoms with Gasteiger partial charge in [-0.15, -0.1) is 0 Å². The molecule has 1 rings (SSSR count). The summed E-state index contributed by atoms with van der Waals surface area (Å²) in [6.45, 7) is 3.34. The minimum atomic E-state index is -0.724. The van der Waals surface area contributed by atoms with Crippen molar-refractivity contribution in [3.05, 3.63) is 28.4 Å². The molecule has 0 unspecified atom stereocenters. The number of hydrogen-bond acceptors (Lipinski definition) is 2. The van der Waals surface area contributed by atoms with Gasteiger partial charge >= 0.3 is 5.82 Å². The molecule has 1 heterocycles. The largest absolute Gasteiger partial charge is 0.358 e. The first-order chi connectivity index (χ1) is 6.37. The lowest BCUT2D eigenvalue weighted by molar-refractivity contribution is -0.392. The first-order valence-electron chi connectivity index (χ1n) is 4.70. The minimum Gasteiger partial charge on any atom is -0.358 e. The predicted molar refractivity (Wildman–Crippen MR) is 41.5 cm³/mol. The summed E-state index contributed by atoms with van der Waals surface area (Å²) < 4.78 is 23.1. The topological polar surface area (TPSA) is 48.1 Å². The minimum absolute atomic E-state index is 0.281. The van der Waals surface area contributed by atoms with Crippen LogP contribution in [0.4, 0.5) is 5.82 Å². The van der Waals surface area contributed by atoms with Crippen molar-refractivity contribution in [2.45, 2.75) is 19.9 Å². The van der Waals surface area contributed by atoms with E-state index >= 15 is 0 Å². The van der Waals surface area contributed by atoms with Crippen LogP contribution in [0, 0.1) is 10.1 Å². The normalized spacial score (nSPS) is 14.3. The van der Waals surface area contributed by atoms with E-state index in [9.17, 15) is 10.1 Å². The third kappa shape index (κ3) is 1.39. The Morgan fingerprint density at radius 3 is 2.82 bits per heavy atom. The van der Waals surface area contributed by atoms with Crippen molar-refractivity contribution in [3.8, 4) is 0 Å². The van der Waals surface area contributed by atoms with E-state index in [0.29, 0.717) is 0 Å². The molecule has 11 heavy (non-hydrogen) atoms. The van der Waals surface area contributed by atoms with Crippen molar-refractivity contribution in [3.63, 3.8) is 0 Å². The highest BCUT2D eigenvalue weighted by Crippen LogP contribution is 2.17. The fraction of sp³-hybridized carbons (Fsp3) is 0.429. The molecule has 60 valence electrons. The fourth-order valence-electron chi connectivity index (χ4n) is 0.765. The van der Waals surface area contributed by atoms with Crippen LogP contribution < -0.4 is 0 Å². The first-order valence-corrected chi connectivity index (χ1v) is 3.20. The van der Waals surface area contributed by atoms with Gasteiger partial charge in [0.1, 0.15) is 1.37 Å². The van der Waals surface area contributed by atoms with Crippen LogP contribution in [-0.2, 0) is 0 Å². The Morgan fingerprint density at radius 1 is 1.82 bits per heavy atom. The second-order valence-corrected chi connectivity index (χ2v) is 2.41. The van der Waals surface area contributed by atoms with E-state index in [1.807, 2.05) is 0 Å². The number of rotatable bonds is 2. The van der Waals surface area contributed by atoms with E-state index < -0.39 is 22.8 Å². The maximum Gasteiger partial charge on any atom is 0.323 e. The summed E-state index contributed by atoms with van der Waals surface area (Å²) in [5.41, 5.74) is 0. The molecule has 0 fully saturated rings. The monoisotopic (exact) mass is 157 g/mol. The van der Waals surface area contributed by atoms with Gasteiger partial charge in [0.25, 0.3) is 0 Å². The third-order valence-electron chi connectivity index (χ3n) is 1.27. The summed E-state index contributed by atoms with van der Waals surface area (Å²) >= 11 is 0. The van der Waals surface area contributed by atoms with Crippen molar-refractivity contribution >= 4 is 5.82 Å². The zero-order valence-corrected chi connectivity index (χ0v) is 6.29. The van der Waals surface area contributed by atoms with Gasteiger partial charge in [0.15, 0.2) is 0 Å². The maximum atomic E-state index is 10.6. The van der Waals surface area contributed by atoms with E-state index in [4.69, 9.17) is 4.11 Å². The van der Waals surface area contributed by atoms with Crippen LogP contribution in [0.2, 0.25) is 0 Å². The highest BCUT2D eigenvalue weighted by atomic mass is 16.6. The Morgan fingerprint density at radius 2 is 2.45 bits per heavy atom. The lowest BCUT2D eigenvalue weighted by Gasteiger charge is -2.03. The Balaban J connectivity index is 3.53. The Bertz CT molecular complexity index is 387. The molecule has 4 nitrogen and oxygen atoms in total. The smallest absolute Gasteiger partial charge is 0.323 e. The SMILES string of the molecule is [2H]c1c([2H])c([N+](=O)[O-])n(C(C)C)c1[2H]. The van der Waals surface area contributed by atoms with Gasteiger partial charge in [-0.05, 0) is 24.8 Å². The van der Waals surface area contributed by atoms with Crippen LogP contribution in [0.1, 0.15) is 24.0 Å². The fourth-order valence-corrected chi connectivity index (χ4v) is 0.765. The molecule has 1 aromatic rings. The molecule has 0 atom stereocenters. The van der Waals surface area contributed by atoms with Crippen molar-refractivity contribution in [2.75, 3.05) is 0 Å². The van der Waals surface area contributed by atoms with Crippen LogP contribution in [0.5, 0.6) is 0 Å². The van der Waals surface area contributed by atoms with Gasteiger partial charge in [-0.2, -0.15) is 0 Å². The molecular weight excluding hydrogens is 144 g/mol. The third-order valence-corrected chi connectivity index (χ3v) is 1.27. The Labute approximate surface area is 68.8 Å². The number of hydrogen-bond donors (Lipinski definition) is 0. The lowest BCUT2D eigenvalue weighted by atomic mass is 10.4. The molecule has 1 aromatic heterocycles. The average molecular weight is 157 g/mol. The van der Waals surface area contributed by atoms with Crippen LogP contribution in [0.25, 0.3) is 0 Å². The van der Waals surface area contributed by atoms with E-state index in [0.717, 1.165) is 4.57 Å². The molecule has 0 aliphatic heterocycles. The zero-order chi connectivity index (χ0) is 11.0. The van der Waals surface area contributed by atoms with Crippen LogP contribution in [0.15, 0.2) is 18.3 Å². The quantitative estimate of drug-likeness (QED) is 0.486. The molecule has 0 spiro atoms. The molecule has 4 heteroatoms. The highest BCUT2D eigenvalue weighted by Gasteiger charge is 2.13. The van der Waals surface area contributed by atoms with Gasteiger partial charge in [0, 0.05) is 6.04 Å². The van der Waals surface area contributed by atoms with Gasteiger partial charge in [0.2, 0.25) is 0 Å². The van der Waals surface area contributed by atoms with E-state index in [-0.39, 0.29) is 12.2 Å². The second-order valence-electron chi connectivity index (χ2n) is 2.41. The lowest BCUT2D eigenvalue weighted by Crippen LogP contribution is -2.03. The molecule has 0 aromatic carbocycles. The number of aromatic nitrogens is 1. The van der Waals surface area contributed by atoms with E-state index in [1.165, 1.54) is 0 Å². The van der Waals surface area contributed by atoms with Gasteiger partial charge in [-0.3, -0.25) is 0 Å². The first kappa shape index (κ1) is 4.54. The number of nitrogens with zero attached hydrogens (tertiary/aromatic N) is 2. The van der Waals surface area contributed by atoms with Gasteiger partial charge < -0.3 is 10.1 Å². The summed E-state index contributed by atoms with van der Waals surface area (Å²) in [6, 6.07) is -1.19. The molecule has 0 saturated carbocycles. The number of nitro groups is 1. The van der Waals surface area contributed by atoms with E-state index in [1.54, 1.807) is 13.8 Å². The molecule has 0 bridgehead atoms. The molecule has 0 saturated heterocycles. The van der Waals surface area contributed by atoms with Crippen LogP contribution in [0.3, 0.4) is 0 Å². The van der Waals surface area contributed by atoms with Gasteiger partial charge in [-0.1, -0.05) is 0 Å². The maximum absolute atomic E-state index is 10.6. The second kappa shape index (κ2) is 2.74. The van der Waals surface area contributed by atoms with Crippen molar-refractivity contribution < 1.29 is 9.04 Å². The molecule has 0 aliphatic rings. The van der Waals surface area contributed by atoms with Gasteiger partial charge in [-0.25, -0.2) is 4.57 Å². The summed E-state index contributed by atoms with van der Waals surface area (Å²) in [7, 11) is 0. The summed E-state index contributed by atoms with van der Waals surface area (Å²) in [5, 5.41) is 10.6. The molecule has 0 radical (unpaired) electrons. The molecule has 0 N–H and O–H groups in total. The van der Waals surface area contributed by atoms with Crippen molar-refractivity contribution in [2.24, 2.45) is 0 Å². The van der Waals surface area contributed by atoms with Crippen molar-refractivity contribution in [1.82, 2.24) is 4.57 Å². The highest BCUT2D eigenvalue weighted by molar-refractivity contribution is 5.21. The molecule has 0 amide bonds. The zero-order valence-electron chi connectivity index (χ0n) is 9.29. The Kier molecular flexibility index (Phi) is 1.13.